The number of rotatable bonds is 3. The van der Waals surface area contributed by atoms with Gasteiger partial charge in [-0.3, -0.25) is 4.79 Å². The second kappa shape index (κ2) is 5.23. The molecule has 0 aliphatic heterocycles. The molecule has 0 spiro atoms. The first-order valence-electron chi connectivity index (χ1n) is 5.55. The maximum absolute atomic E-state index is 11.4. The van der Waals surface area contributed by atoms with Crippen LogP contribution in [-0.2, 0) is 0 Å². The molecule has 0 atom stereocenters. The van der Waals surface area contributed by atoms with Crippen molar-refractivity contribution < 1.29 is 9.53 Å². The number of hydrogen-bond acceptors (Lipinski definition) is 3. The number of amides is 1. The summed E-state index contributed by atoms with van der Waals surface area (Å²) >= 11 is 0. The van der Waals surface area contributed by atoms with E-state index in [0.29, 0.717) is 22.7 Å². The highest BCUT2D eigenvalue weighted by atomic mass is 16.5. The lowest BCUT2D eigenvalue weighted by Gasteiger charge is -2.09. The molecule has 0 radical (unpaired) electrons. The zero-order chi connectivity index (χ0) is 13.0. The van der Waals surface area contributed by atoms with Gasteiger partial charge in [-0.2, -0.15) is 0 Å². The molecule has 4 heteroatoms. The average molecular weight is 242 g/mol. The molecule has 2 aromatic carbocycles. The minimum absolute atomic E-state index is 0.173. The smallest absolute Gasteiger partial charge is 0.251 e. The molecule has 0 fully saturated rings. The van der Waals surface area contributed by atoms with Crippen molar-refractivity contribution in [2.75, 3.05) is 12.8 Å². The van der Waals surface area contributed by atoms with Crippen LogP contribution in [0.2, 0.25) is 0 Å². The van der Waals surface area contributed by atoms with Crippen molar-refractivity contribution in [1.82, 2.24) is 5.32 Å². The number of anilines is 1. The quantitative estimate of drug-likeness (QED) is 0.812. The molecule has 2 rings (SSSR count). The van der Waals surface area contributed by atoms with Gasteiger partial charge in [0.15, 0.2) is 0 Å². The molecule has 2 aromatic rings. The summed E-state index contributed by atoms with van der Waals surface area (Å²) in [6.07, 6.45) is 0. The van der Waals surface area contributed by atoms with E-state index in [-0.39, 0.29) is 5.91 Å². The normalized spacial score (nSPS) is 9.83. The monoisotopic (exact) mass is 242 g/mol. The molecule has 0 bridgehead atoms. The summed E-state index contributed by atoms with van der Waals surface area (Å²) in [6, 6.07) is 14.3. The van der Waals surface area contributed by atoms with E-state index in [1.807, 2.05) is 30.3 Å². The lowest BCUT2D eigenvalue weighted by molar-refractivity contribution is 0.0963. The van der Waals surface area contributed by atoms with E-state index in [4.69, 9.17) is 10.5 Å². The van der Waals surface area contributed by atoms with Gasteiger partial charge in [0.25, 0.3) is 5.91 Å². The van der Waals surface area contributed by atoms with Gasteiger partial charge in [-0.05, 0) is 30.3 Å². The van der Waals surface area contributed by atoms with E-state index in [1.54, 1.807) is 25.2 Å². The summed E-state index contributed by atoms with van der Waals surface area (Å²) in [6.45, 7) is 0. The Kier molecular flexibility index (Phi) is 3.48. The summed E-state index contributed by atoms with van der Waals surface area (Å²) in [4.78, 5) is 11.4. The van der Waals surface area contributed by atoms with E-state index >= 15 is 0 Å². The summed E-state index contributed by atoms with van der Waals surface area (Å²) in [5.41, 5.74) is 6.80. The highest BCUT2D eigenvalue weighted by Crippen LogP contribution is 2.27. The van der Waals surface area contributed by atoms with Gasteiger partial charge < -0.3 is 15.8 Å². The first kappa shape index (κ1) is 12.0. The first-order chi connectivity index (χ1) is 8.70. The van der Waals surface area contributed by atoms with Gasteiger partial charge in [0.1, 0.15) is 11.5 Å². The van der Waals surface area contributed by atoms with Gasteiger partial charge in [-0.15, -0.1) is 0 Å². The minimum Gasteiger partial charge on any atom is -0.455 e. The van der Waals surface area contributed by atoms with Crippen LogP contribution in [0.4, 0.5) is 5.69 Å². The van der Waals surface area contributed by atoms with Crippen molar-refractivity contribution in [3.8, 4) is 11.5 Å². The zero-order valence-electron chi connectivity index (χ0n) is 10.0. The molecular formula is C14H14N2O2. The first-order valence-corrected chi connectivity index (χ1v) is 5.55. The summed E-state index contributed by atoms with van der Waals surface area (Å²) < 4.78 is 5.62. The number of hydrogen-bond donors (Lipinski definition) is 2. The van der Waals surface area contributed by atoms with Crippen molar-refractivity contribution in [3.05, 3.63) is 54.1 Å². The van der Waals surface area contributed by atoms with Gasteiger partial charge in [0.2, 0.25) is 0 Å². The molecule has 18 heavy (non-hydrogen) atoms. The van der Waals surface area contributed by atoms with Crippen molar-refractivity contribution in [2.24, 2.45) is 0 Å². The SMILES string of the molecule is CNC(=O)c1ccc(Oc2ccccc2)c(N)c1. The Labute approximate surface area is 105 Å². The van der Waals surface area contributed by atoms with Gasteiger partial charge >= 0.3 is 0 Å². The van der Waals surface area contributed by atoms with Crippen molar-refractivity contribution in [1.29, 1.82) is 0 Å². The van der Waals surface area contributed by atoms with Crippen molar-refractivity contribution in [2.45, 2.75) is 0 Å². The van der Waals surface area contributed by atoms with Crippen molar-refractivity contribution in [3.63, 3.8) is 0 Å². The molecule has 0 saturated heterocycles. The number of nitrogens with two attached hydrogens (primary N) is 1. The fourth-order valence-electron chi connectivity index (χ4n) is 1.54. The third kappa shape index (κ3) is 2.60. The second-order valence-corrected chi connectivity index (χ2v) is 3.75. The van der Waals surface area contributed by atoms with Crippen LogP contribution in [-0.4, -0.2) is 13.0 Å². The number of benzene rings is 2. The summed E-state index contributed by atoms with van der Waals surface area (Å²) in [5, 5.41) is 2.54. The lowest BCUT2D eigenvalue weighted by atomic mass is 10.2. The van der Waals surface area contributed by atoms with Gasteiger partial charge in [0, 0.05) is 12.6 Å². The lowest BCUT2D eigenvalue weighted by Crippen LogP contribution is -2.17. The predicted octanol–water partition coefficient (Wildman–Crippen LogP) is 2.42. The maximum Gasteiger partial charge on any atom is 0.251 e. The van der Waals surface area contributed by atoms with Crippen LogP contribution in [0, 0.1) is 0 Å². The van der Waals surface area contributed by atoms with E-state index in [1.165, 1.54) is 0 Å². The third-order valence-electron chi connectivity index (χ3n) is 2.47. The second-order valence-electron chi connectivity index (χ2n) is 3.75. The number of nitrogen functional groups attached to an aromatic ring is 1. The van der Waals surface area contributed by atoms with Crippen molar-refractivity contribution >= 4 is 11.6 Å². The summed E-state index contributed by atoms with van der Waals surface area (Å²) in [7, 11) is 1.58. The number of para-hydroxylation sites is 1. The highest BCUT2D eigenvalue weighted by molar-refractivity contribution is 5.95. The molecular weight excluding hydrogens is 228 g/mol. The molecule has 0 aliphatic carbocycles. The Bertz CT molecular complexity index is 553. The van der Waals surface area contributed by atoms with Gasteiger partial charge in [0.05, 0.1) is 5.69 Å². The average Bonchev–Trinajstić information content (AvgIpc) is 2.41. The van der Waals surface area contributed by atoms with E-state index in [2.05, 4.69) is 5.32 Å². The Morgan fingerprint density at radius 2 is 1.89 bits per heavy atom. The molecule has 3 N–H and O–H groups in total. The van der Waals surface area contributed by atoms with Crippen LogP contribution in [0.15, 0.2) is 48.5 Å². The van der Waals surface area contributed by atoms with Crippen LogP contribution in [0.5, 0.6) is 11.5 Å². The van der Waals surface area contributed by atoms with Crippen LogP contribution in [0.3, 0.4) is 0 Å². The largest absolute Gasteiger partial charge is 0.455 e. The van der Waals surface area contributed by atoms with Crippen LogP contribution < -0.4 is 15.8 Å². The fraction of sp³-hybridized carbons (Fsp3) is 0.0714. The van der Waals surface area contributed by atoms with E-state index in [9.17, 15) is 4.79 Å². The fourth-order valence-corrected chi connectivity index (χ4v) is 1.54. The number of carbonyl (C=O) groups excluding carboxylic acids is 1. The Morgan fingerprint density at radius 1 is 1.17 bits per heavy atom. The van der Waals surface area contributed by atoms with Gasteiger partial charge in [-0.25, -0.2) is 0 Å². The third-order valence-corrected chi connectivity index (χ3v) is 2.47. The molecule has 1 amide bonds. The molecule has 0 aromatic heterocycles. The Morgan fingerprint density at radius 3 is 2.50 bits per heavy atom. The van der Waals surface area contributed by atoms with E-state index < -0.39 is 0 Å². The molecule has 92 valence electrons. The molecule has 0 saturated carbocycles. The predicted molar refractivity (Wildman–Crippen MR) is 70.8 cm³/mol. The highest BCUT2D eigenvalue weighted by Gasteiger charge is 2.07. The minimum atomic E-state index is -0.173. The van der Waals surface area contributed by atoms with Crippen LogP contribution in [0.25, 0.3) is 0 Å². The van der Waals surface area contributed by atoms with E-state index in [0.717, 1.165) is 0 Å². The molecule has 0 unspecified atom stereocenters. The number of carbonyl (C=O) groups is 1. The van der Waals surface area contributed by atoms with Gasteiger partial charge in [-0.1, -0.05) is 18.2 Å². The van der Waals surface area contributed by atoms with Crippen LogP contribution in [0.1, 0.15) is 10.4 Å². The molecule has 0 heterocycles. The topological polar surface area (TPSA) is 64.3 Å². The summed E-state index contributed by atoms with van der Waals surface area (Å²) in [5.74, 6) is 1.07. The Hall–Kier alpha value is -2.49. The molecule has 0 aliphatic rings. The standard InChI is InChI=1S/C14H14N2O2/c1-16-14(17)10-7-8-13(12(15)9-10)18-11-5-3-2-4-6-11/h2-9H,15H2,1H3,(H,16,17). The number of ether oxygens (including phenoxy) is 1. The van der Waals surface area contributed by atoms with Crippen LogP contribution >= 0.6 is 0 Å². The maximum atomic E-state index is 11.4. The zero-order valence-corrected chi connectivity index (χ0v) is 10.0. The molecule has 4 nitrogen and oxygen atoms in total. The number of nitrogens with one attached hydrogen (secondary N) is 1. The Balaban J connectivity index is 2.23.